The van der Waals surface area contributed by atoms with E-state index in [1.807, 2.05) is 41.1 Å². The molecule has 2 aromatic carbocycles. The molecule has 3 aromatic rings. The molecule has 1 saturated carbocycles. The average Bonchev–Trinajstić information content (AvgIpc) is 3.39. The van der Waals surface area contributed by atoms with E-state index in [1.165, 1.54) is 12.8 Å². The minimum atomic E-state index is -0.170. The van der Waals surface area contributed by atoms with Crippen molar-refractivity contribution in [2.75, 3.05) is 6.54 Å². The summed E-state index contributed by atoms with van der Waals surface area (Å²) >= 11 is 6.62. The van der Waals surface area contributed by atoms with Crippen LogP contribution in [0.2, 0.25) is 5.02 Å². The highest BCUT2D eigenvalue weighted by atomic mass is 35.5. The molecule has 0 unspecified atom stereocenters. The Morgan fingerprint density at radius 1 is 1.23 bits per heavy atom. The number of nitrogens with two attached hydrogens (primary N) is 1. The van der Waals surface area contributed by atoms with Crippen LogP contribution in [-0.2, 0) is 17.9 Å². The summed E-state index contributed by atoms with van der Waals surface area (Å²) in [6.07, 6.45) is 2.54. The van der Waals surface area contributed by atoms with Gasteiger partial charge in [0.15, 0.2) is 0 Å². The molecule has 1 aromatic heterocycles. The standard InChI is InChI=1S/C19H20ClN5O/c20-18-15(14-5-3-12(4-6-14)10-22-17(26)9-21)7-8-16-19(18)23-24-25(16)11-13-1-2-13/h3-8,13H,1-2,9-11,21H2,(H,22,26). The van der Waals surface area contributed by atoms with E-state index in [-0.39, 0.29) is 12.5 Å². The van der Waals surface area contributed by atoms with E-state index in [1.54, 1.807) is 0 Å². The monoisotopic (exact) mass is 369 g/mol. The zero-order valence-electron chi connectivity index (χ0n) is 14.3. The number of rotatable bonds is 6. The second kappa shape index (κ2) is 7.05. The SMILES string of the molecule is NCC(=O)NCc1ccc(-c2ccc3c(nnn3CC3CC3)c2Cl)cc1. The van der Waals surface area contributed by atoms with Crippen molar-refractivity contribution in [1.82, 2.24) is 20.3 Å². The summed E-state index contributed by atoms with van der Waals surface area (Å²) in [7, 11) is 0. The summed E-state index contributed by atoms with van der Waals surface area (Å²) < 4.78 is 1.95. The van der Waals surface area contributed by atoms with Gasteiger partial charge in [-0.2, -0.15) is 0 Å². The van der Waals surface area contributed by atoms with Gasteiger partial charge in [0.25, 0.3) is 0 Å². The fraction of sp³-hybridized carbons (Fsp3) is 0.316. The van der Waals surface area contributed by atoms with E-state index in [0.717, 1.165) is 40.2 Å². The molecule has 1 aliphatic rings. The van der Waals surface area contributed by atoms with Gasteiger partial charge in [-0.3, -0.25) is 4.79 Å². The zero-order chi connectivity index (χ0) is 18.1. The molecule has 0 bridgehead atoms. The third-order valence-electron chi connectivity index (χ3n) is 4.69. The highest BCUT2D eigenvalue weighted by Crippen LogP contribution is 2.35. The number of amides is 1. The van der Waals surface area contributed by atoms with Crippen molar-refractivity contribution >= 4 is 28.5 Å². The number of aromatic nitrogens is 3. The predicted octanol–water partition coefficient (Wildman–Crippen LogP) is 2.74. The Morgan fingerprint density at radius 2 is 2.00 bits per heavy atom. The lowest BCUT2D eigenvalue weighted by atomic mass is 10.0. The zero-order valence-corrected chi connectivity index (χ0v) is 15.0. The molecular formula is C19H20ClN5O. The smallest absolute Gasteiger partial charge is 0.234 e. The van der Waals surface area contributed by atoms with Crippen LogP contribution in [0.25, 0.3) is 22.2 Å². The molecular weight excluding hydrogens is 350 g/mol. The van der Waals surface area contributed by atoms with Crippen molar-refractivity contribution in [3.05, 3.63) is 47.0 Å². The quantitative estimate of drug-likeness (QED) is 0.699. The third kappa shape index (κ3) is 3.43. The molecule has 134 valence electrons. The summed E-state index contributed by atoms with van der Waals surface area (Å²) in [5.74, 6) is 0.558. The van der Waals surface area contributed by atoms with Crippen LogP contribution in [0.5, 0.6) is 0 Å². The summed E-state index contributed by atoms with van der Waals surface area (Å²) in [5, 5.41) is 11.9. The van der Waals surface area contributed by atoms with E-state index < -0.39 is 0 Å². The lowest BCUT2D eigenvalue weighted by molar-refractivity contribution is -0.119. The van der Waals surface area contributed by atoms with E-state index >= 15 is 0 Å². The largest absolute Gasteiger partial charge is 0.351 e. The Bertz CT molecular complexity index is 946. The lowest BCUT2D eigenvalue weighted by Crippen LogP contribution is -2.29. The first-order valence-electron chi connectivity index (χ1n) is 8.73. The second-order valence-electron chi connectivity index (χ2n) is 6.69. The average molecular weight is 370 g/mol. The molecule has 0 aliphatic heterocycles. The maximum atomic E-state index is 11.2. The predicted molar refractivity (Wildman–Crippen MR) is 102 cm³/mol. The molecule has 0 saturated heterocycles. The Morgan fingerprint density at radius 3 is 2.69 bits per heavy atom. The highest BCUT2D eigenvalue weighted by Gasteiger charge is 2.23. The fourth-order valence-electron chi connectivity index (χ4n) is 2.98. The van der Waals surface area contributed by atoms with Gasteiger partial charge in [-0.25, -0.2) is 4.68 Å². The number of fused-ring (bicyclic) bond motifs is 1. The minimum Gasteiger partial charge on any atom is -0.351 e. The summed E-state index contributed by atoms with van der Waals surface area (Å²) in [5.41, 5.74) is 9.94. The van der Waals surface area contributed by atoms with Crippen molar-refractivity contribution < 1.29 is 4.79 Å². The molecule has 1 amide bonds. The van der Waals surface area contributed by atoms with Gasteiger partial charge in [0.2, 0.25) is 5.91 Å². The van der Waals surface area contributed by atoms with E-state index in [2.05, 4.69) is 15.6 Å². The number of nitrogens with zero attached hydrogens (tertiary/aromatic N) is 3. The number of carbonyl (C=O) groups excluding carboxylic acids is 1. The van der Waals surface area contributed by atoms with Gasteiger partial charge in [-0.1, -0.05) is 47.1 Å². The Kier molecular flexibility index (Phi) is 4.61. The summed E-state index contributed by atoms with van der Waals surface area (Å²) in [6, 6.07) is 12.0. The molecule has 1 heterocycles. The maximum absolute atomic E-state index is 11.2. The number of benzene rings is 2. The van der Waals surface area contributed by atoms with E-state index in [0.29, 0.717) is 11.6 Å². The topological polar surface area (TPSA) is 85.8 Å². The first-order valence-corrected chi connectivity index (χ1v) is 9.11. The van der Waals surface area contributed by atoms with Crippen molar-refractivity contribution in [2.24, 2.45) is 11.7 Å². The maximum Gasteiger partial charge on any atom is 0.234 e. The Balaban J connectivity index is 1.57. The van der Waals surface area contributed by atoms with Crippen LogP contribution >= 0.6 is 11.6 Å². The van der Waals surface area contributed by atoms with Crippen LogP contribution in [0, 0.1) is 5.92 Å². The summed E-state index contributed by atoms with van der Waals surface area (Å²) in [4.78, 5) is 11.2. The van der Waals surface area contributed by atoms with Crippen LogP contribution < -0.4 is 11.1 Å². The molecule has 3 N–H and O–H groups in total. The van der Waals surface area contributed by atoms with E-state index in [4.69, 9.17) is 17.3 Å². The lowest BCUT2D eigenvalue weighted by Gasteiger charge is -2.08. The molecule has 1 aliphatic carbocycles. The molecule has 26 heavy (non-hydrogen) atoms. The first kappa shape index (κ1) is 17.0. The minimum absolute atomic E-state index is 0.00483. The van der Waals surface area contributed by atoms with Crippen molar-refractivity contribution in [2.45, 2.75) is 25.9 Å². The molecule has 4 rings (SSSR count). The van der Waals surface area contributed by atoms with Crippen molar-refractivity contribution in [3.63, 3.8) is 0 Å². The summed E-state index contributed by atoms with van der Waals surface area (Å²) in [6.45, 7) is 1.36. The highest BCUT2D eigenvalue weighted by molar-refractivity contribution is 6.37. The molecule has 0 spiro atoms. The Hall–Kier alpha value is -2.44. The number of halogens is 1. The molecule has 7 heteroatoms. The van der Waals surface area contributed by atoms with Gasteiger partial charge in [0.1, 0.15) is 5.52 Å². The van der Waals surface area contributed by atoms with Crippen molar-refractivity contribution in [1.29, 1.82) is 0 Å². The van der Waals surface area contributed by atoms with Gasteiger partial charge in [0.05, 0.1) is 17.1 Å². The van der Waals surface area contributed by atoms with E-state index in [9.17, 15) is 4.79 Å². The van der Waals surface area contributed by atoms with Gasteiger partial charge < -0.3 is 11.1 Å². The number of hydrogen-bond acceptors (Lipinski definition) is 4. The second-order valence-corrected chi connectivity index (χ2v) is 7.07. The van der Waals surface area contributed by atoms with Gasteiger partial charge in [-0.05, 0) is 36.0 Å². The Labute approximate surface area is 156 Å². The van der Waals surface area contributed by atoms with Crippen molar-refractivity contribution in [3.8, 4) is 11.1 Å². The number of nitrogens with one attached hydrogen (secondary N) is 1. The third-order valence-corrected chi connectivity index (χ3v) is 5.08. The number of carbonyl (C=O) groups is 1. The van der Waals surface area contributed by atoms with Crippen LogP contribution in [-0.4, -0.2) is 27.4 Å². The van der Waals surface area contributed by atoms with Gasteiger partial charge >= 0.3 is 0 Å². The first-order chi connectivity index (χ1) is 12.7. The normalized spacial score (nSPS) is 13.9. The molecule has 0 radical (unpaired) electrons. The fourth-order valence-corrected chi connectivity index (χ4v) is 3.29. The number of hydrogen-bond donors (Lipinski definition) is 2. The molecule has 6 nitrogen and oxygen atoms in total. The van der Waals surface area contributed by atoms with Gasteiger partial charge in [-0.15, -0.1) is 5.10 Å². The van der Waals surface area contributed by atoms with Crippen LogP contribution in [0.3, 0.4) is 0 Å². The van der Waals surface area contributed by atoms with Crippen LogP contribution in [0.1, 0.15) is 18.4 Å². The van der Waals surface area contributed by atoms with Crippen LogP contribution in [0.15, 0.2) is 36.4 Å². The molecule has 1 fully saturated rings. The van der Waals surface area contributed by atoms with Crippen LogP contribution in [0.4, 0.5) is 0 Å². The van der Waals surface area contributed by atoms with Gasteiger partial charge in [0, 0.05) is 18.7 Å². The molecule has 0 atom stereocenters.